The maximum absolute atomic E-state index is 12.1. The van der Waals surface area contributed by atoms with Gasteiger partial charge in [-0.25, -0.2) is 0 Å². The summed E-state index contributed by atoms with van der Waals surface area (Å²) in [5.74, 6) is -0.250. The van der Waals surface area contributed by atoms with Gasteiger partial charge in [-0.15, -0.1) is 0 Å². The van der Waals surface area contributed by atoms with Crippen molar-refractivity contribution in [2.75, 3.05) is 7.11 Å². The Labute approximate surface area is 135 Å². The highest BCUT2D eigenvalue weighted by atomic mass is 16.5. The van der Waals surface area contributed by atoms with Crippen LogP contribution in [0.5, 0.6) is 0 Å². The third-order valence-corrected chi connectivity index (χ3v) is 3.89. The summed E-state index contributed by atoms with van der Waals surface area (Å²) in [7, 11) is 1.42. The van der Waals surface area contributed by atoms with Crippen LogP contribution in [0.2, 0.25) is 0 Å². The minimum atomic E-state index is -0.381. The molecule has 118 valence electrons. The number of rotatable bonds is 6. The number of esters is 1. The Kier molecular flexibility index (Phi) is 4.74. The molecule has 2 aromatic carbocycles. The van der Waals surface area contributed by atoms with Gasteiger partial charge in [0, 0.05) is 24.2 Å². The molecule has 2 N–H and O–H groups in total. The monoisotopic (exact) mass is 308 g/mol. The third-order valence-electron chi connectivity index (χ3n) is 3.89. The molecule has 0 bridgehead atoms. The predicted octanol–water partition coefficient (Wildman–Crippen LogP) is 3.04. The lowest BCUT2D eigenvalue weighted by Gasteiger charge is -2.16. The summed E-state index contributed by atoms with van der Waals surface area (Å²) in [5.41, 5.74) is 3.23. The first-order valence-corrected chi connectivity index (χ1v) is 7.68. The van der Waals surface area contributed by atoms with Crippen LogP contribution in [0.25, 0.3) is 10.9 Å². The number of aromatic amines is 1. The number of hydrogen-bond donors (Lipinski definition) is 2. The second kappa shape index (κ2) is 7.11. The number of benzene rings is 2. The maximum Gasteiger partial charge on any atom is 0.323 e. The lowest BCUT2D eigenvalue weighted by atomic mass is 10.1. The van der Waals surface area contributed by atoms with Gasteiger partial charge in [0.1, 0.15) is 6.04 Å². The molecule has 0 fully saturated rings. The topological polar surface area (TPSA) is 54.1 Å². The number of carbonyl (C=O) groups excluding carboxylic acids is 1. The molecule has 0 unspecified atom stereocenters. The number of carbonyl (C=O) groups is 1. The number of ether oxygens (including phenoxy) is 1. The van der Waals surface area contributed by atoms with Gasteiger partial charge >= 0.3 is 5.97 Å². The lowest BCUT2D eigenvalue weighted by Crippen LogP contribution is -2.39. The molecule has 1 aromatic heterocycles. The second-order valence-corrected chi connectivity index (χ2v) is 5.53. The van der Waals surface area contributed by atoms with Crippen LogP contribution >= 0.6 is 0 Å². The minimum absolute atomic E-state index is 0.250. The summed E-state index contributed by atoms with van der Waals surface area (Å²) < 4.78 is 4.93. The quantitative estimate of drug-likeness (QED) is 0.688. The van der Waals surface area contributed by atoms with Crippen LogP contribution in [0.15, 0.2) is 60.7 Å². The molecule has 4 heteroatoms. The Bertz CT molecular complexity index is 747. The van der Waals surface area contributed by atoms with Crippen molar-refractivity contribution >= 4 is 16.9 Å². The Morgan fingerprint density at radius 3 is 2.61 bits per heavy atom. The number of para-hydroxylation sites is 1. The lowest BCUT2D eigenvalue weighted by molar-refractivity contribution is -0.143. The Morgan fingerprint density at radius 2 is 1.87 bits per heavy atom. The van der Waals surface area contributed by atoms with Crippen molar-refractivity contribution in [3.8, 4) is 0 Å². The molecule has 1 heterocycles. The molecule has 23 heavy (non-hydrogen) atoms. The molecule has 4 nitrogen and oxygen atoms in total. The Hall–Kier alpha value is -2.59. The van der Waals surface area contributed by atoms with Gasteiger partial charge in [0.15, 0.2) is 0 Å². The van der Waals surface area contributed by atoms with E-state index in [2.05, 4.69) is 22.4 Å². The number of fused-ring (bicyclic) bond motifs is 1. The van der Waals surface area contributed by atoms with E-state index in [9.17, 15) is 4.79 Å². The highest BCUT2D eigenvalue weighted by Gasteiger charge is 2.20. The van der Waals surface area contributed by atoms with Crippen molar-refractivity contribution in [2.45, 2.75) is 19.0 Å². The van der Waals surface area contributed by atoms with Gasteiger partial charge in [0.25, 0.3) is 0 Å². The van der Waals surface area contributed by atoms with Gasteiger partial charge in [0.05, 0.1) is 7.11 Å². The molecule has 0 aliphatic heterocycles. The summed E-state index contributed by atoms with van der Waals surface area (Å²) in [6.07, 6.45) is 0.564. The van der Waals surface area contributed by atoms with E-state index in [1.54, 1.807) is 0 Å². The maximum atomic E-state index is 12.1. The van der Waals surface area contributed by atoms with Crippen LogP contribution in [0, 0.1) is 0 Å². The summed E-state index contributed by atoms with van der Waals surface area (Å²) in [4.78, 5) is 15.4. The Morgan fingerprint density at radius 1 is 1.13 bits per heavy atom. The van der Waals surface area contributed by atoms with Gasteiger partial charge in [-0.1, -0.05) is 48.5 Å². The van der Waals surface area contributed by atoms with Crippen LogP contribution in [0.4, 0.5) is 0 Å². The number of aromatic nitrogens is 1. The van der Waals surface area contributed by atoms with Crippen molar-refractivity contribution in [2.24, 2.45) is 0 Å². The molecular formula is C19H20N2O2. The van der Waals surface area contributed by atoms with Crippen LogP contribution in [0.3, 0.4) is 0 Å². The summed E-state index contributed by atoms with van der Waals surface area (Å²) in [6, 6.07) is 19.8. The van der Waals surface area contributed by atoms with E-state index in [0.29, 0.717) is 13.0 Å². The summed E-state index contributed by atoms with van der Waals surface area (Å²) in [5, 5.41) is 4.43. The fourth-order valence-electron chi connectivity index (χ4n) is 2.68. The highest BCUT2D eigenvalue weighted by molar-refractivity contribution is 5.81. The molecule has 0 radical (unpaired) electrons. The molecule has 0 amide bonds. The zero-order valence-corrected chi connectivity index (χ0v) is 13.1. The fourth-order valence-corrected chi connectivity index (χ4v) is 2.68. The molecule has 0 saturated carbocycles. The average Bonchev–Trinajstić information content (AvgIpc) is 3.01. The van der Waals surface area contributed by atoms with E-state index in [-0.39, 0.29) is 12.0 Å². The van der Waals surface area contributed by atoms with E-state index in [4.69, 9.17) is 4.74 Å². The second-order valence-electron chi connectivity index (χ2n) is 5.53. The van der Waals surface area contributed by atoms with Crippen LogP contribution in [-0.4, -0.2) is 24.1 Å². The van der Waals surface area contributed by atoms with E-state index in [0.717, 1.165) is 22.2 Å². The first-order valence-electron chi connectivity index (χ1n) is 7.68. The van der Waals surface area contributed by atoms with Crippen LogP contribution in [-0.2, 0) is 22.5 Å². The number of hydrogen-bond acceptors (Lipinski definition) is 3. The van der Waals surface area contributed by atoms with Crippen molar-refractivity contribution in [1.82, 2.24) is 10.3 Å². The first kappa shape index (κ1) is 15.3. The van der Waals surface area contributed by atoms with E-state index >= 15 is 0 Å². The molecule has 0 aliphatic rings. The van der Waals surface area contributed by atoms with Crippen molar-refractivity contribution < 1.29 is 9.53 Å². The highest BCUT2D eigenvalue weighted by Crippen LogP contribution is 2.16. The molecule has 0 aliphatic carbocycles. The van der Waals surface area contributed by atoms with Gasteiger partial charge < -0.3 is 9.72 Å². The van der Waals surface area contributed by atoms with Gasteiger partial charge in [-0.2, -0.15) is 0 Å². The number of H-pyrrole nitrogens is 1. The smallest absolute Gasteiger partial charge is 0.323 e. The van der Waals surface area contributed by atoms with Crippen molar-refractivity contribution in [3.63, 3.8) is 0 Å². The molecular weight excluding hydrogens is 288 g/mol. The van der Waals surface area contributed by atoms with Crippen molar-refractivity contribution in [1.29, 1.82) is 0 Å². The minimum Gasteiger partial charge on any atom is -0.468 e. The molecule has 0 spiro atoms. The van der Waals surface area contributed by atoms with E-state index in [1.807, 2.05) is 48.5 Å². The van der Waals surface area contributed by atoms with Gasteiger partial charge in [-0.3, -0.25) is 10.1 Å². The van der Waals surface area contributed by atoms with E-state index < -0.39 is 0 Å². The average molecular weight is 308 g/mol. The zero-order valence-electron chi connectivity index (χ0n) is 13.1. The van der Waals surface area contributed by atoms with Crippen molar-refractivity contribution in [3.05, 3.63) is 71.9 Å². The van der Waals surface area contributed by atoms with Gasteiger partial charge in [-0.05, 0) is 23.1 Å². The van der Waals surface area contributed by atoms with Gasteiger partial charge in [0.2, 0.25) is 0 Å². The van der Waals surface area contributed by atoms with Crippen LogP contribution in [0.1, 0.15) is 11.3 Å². The molecule has 1 atom stereocenters. The normalized spacial score (nSPS) is 12.2. The standard InChI is InChI=1S/C19H20N2O2/c1-23-19(22)18(20-13-14-7-3-2-4-8-14)12-16-11-15-9-5-6-10-17(15)21-16/h2-11,18,20-21H,12-13H2,1H3/t18-/m1/s1. The summed E-state index contributed by atoms with van der Waals surface area (Å²) in [6.45, 7) is 0.626. The van der Waals surface area contributed by atoms with Crippen LogP contribution < -0.4 is 5.32 Å². The molecule has 0 saturated heterocycles. The largest absolute Gasteiger partial charge is 0.468 e. The summed E-state index contributed by atoms with van der Waals surface area (Å²) >= 11 is 0. The zero-order chi connectivity index (χ0) is 16.1. The number of methoxy groups -OCH3 is 1. The first-order chi connectivity index (χ1) is 11.3. The fraction of sp³-hybridized carbons (Fsp3) is 0.211. The molecule has 3 rings (SSSR count). The Balaban J connectivity index is 1.72. The third kappa shape index (κ3) is 3.79. The number of nitrogens with one attached hydrogen (secondary N) is 2. The molecule has 3 aromatic rings. The van der Waals surface area contributed by atoms with E-state index in [1.165, 1.54) is 7.11 Å². The SMILES string of the molecule is COC(=O)[C@@H](Cc1cc2ccccc2[nH]1)NCc1ccccc1. The predicted molar refractivity (Wildman–Crippen MR) is 91.1 cm³/mol.